The number of nitrogens with two attached hydrogens (primary N) is 1. The number of hydrogen-bond acceptors (Lipinski definition) is 3. The highest BCUT2D eigenvalue weighted by molar-refractivity contribution is 9.10. The first-order valence-corrected chi connectivity index (χ1v) is 6.75. The van der Waals surface area contributed by atoms with Crippen molar-refractivity contribution in [2.24, 2.45) is 0 Å². The summed E-state index contributed by atoms with van der Waals surface area (Å²) in [5, 5.41) is 5.03. The van der Waals surface area contributed by atoms with E-state index < -0.39 is 17.5 Å². The lowest BCUT2D eigenvalue weighted by molar-refractivity contribution is 0.0964. The van der Waals surface area contributed by atoms with Crippen molar-refractivity contribution in [1.82, 2.24) is 5.32 Å². The summed E-state index contributed by atoms with van der Waals surface area (Å²) in [5.41, 5.74) is 6.11. The molecule has 0 unspecified atom stereocenters. The molecule has 0 atom stereocenters. The van der Waals surface area contributed by atoms with Crippen LogP contribution in [0.25, 0.3) is 0 Å². The third-order valence-electron chi connectivity index (χ3n) is 2.78. The van der Waals surface area contributed by atoms with E-state index in [1.807, 2.05) is 0 Å². The smallest absolute Gasteiger partial charge is 0.253 e. The van der Waals surface area contributed by atoms with Crippen molar-refractivity contribution in [2.45, 2.75) is 0 Å². The quantitative estimate of drug-likeness (QED) is 0.739. The number of amides is 1. The SMILES string of the molecule is CNC(=O)c1ccc(N)cc1Nc1c(F)cc(Br)cc1F. The van der Waals surface area contributed by atoms with Crippen molar-refractivity contribution in [2.75, 3.05) is 18.1 Å². The van der Waals surface area contributed by atoms with E-state index in [0.717, 1.165) is 12.1 Å². The number of hydrogen-bond donors (Lipinski definition) is 3. The lowest BCUT2D eigenvalue weighted by atomic mass is 10.1. The second kappa shape index (κ2) is 6.09. The van der Waals surface area contributed by atoms with Gasteiger partial charge in [0.05, 0.1) is 11.3 Å². The molecule has 7 heteroatoms. The molecule has 4 nitrogen and oxygen atoms in total. The van der Waals surface area contributed by atoms with E-state index in [2.05, 4.69) is 26.6 Å². The second-order valence-electron chi connectivity index (χ2n) is 4.25. The van der Waals surface area contributed by atoms with E-state index in [9.17, 15) is 13.6 Å². The number of anilines is 3. The van der Waals surface area contributed by atoms with Gasteiger partial charge in [-0.15, -0.1) is 0 Å². The molecule has 0 fully saturated rings. The maximum atomic E-state index is 13.8. The van der Waals surface area contributed by atoms with Gasteiger partial charge in [0.15, 0.2) is 11.6 Å². The molecule has 1 amide bonds. The van der Waals surface area contributed by atoms with Crippen molar-refractivity contribution < 1.29 is 13.6 Å². The summed E-state index contributed by atoms with van der Waals surface area (Å²) >= 11 is 3.00. The van der Waals surface area contributed by atoms with Gasteiger partial charge >= 0.3 is 0 Å². The third kappa shape index (κ3) is 3.30. The Morgan fingerprint density at radius 2 is 1.81 bits per heavy atom. The minimum Gasteiger partial charge on any atom is -0.399 e. The van der Waals surface area contributed by atoms with E-state index in [1.165, 1.54) is 25.2 Å². The summed E-state index contributed by atoms with van der Waals surface area (Å²) in [6.45, 7) is 0. The molecule has 0 heterocycles. The lowest BCUT2D eigenvalue weighted by Crippen LogP contribution is -2.19. The highest BCUT2D eigenvalue weighted by Crippen LogP contribution is 2.29. The minimum absolute atomic E-state index is 0.217. The molecule has 2 rings (SSSR count). The van der Waals surface area contributed by atoms with Crippen molar-refractivity contribution in [3.05, 3.63) is 52.0 Å². The van der Waals surface area contributed by atoms with Crippen LogP contribution in [0.15, 0.2) is 34.8 Å². The largest absolute Gasteiger partial charge is 0.399 e. The van der Waals surface area contributed by atoms with Crippen molar-refractivity contribution in [3.8, 4) is 0 Å². The Kier molecular flexibility index (Phi) is 4.42. The maximum Gasteiger partial charge on any atom is 0.253 e. The number of nitrogen functional groups attached to an aromatic ring is 1. The first kappa shape index (κ1) is 15.2. The molecule has 0 spiro atoms. The number of halogens is 3. The van der Waals surface area contributed by atoms with Gasteiger partial charge in [0.2, 0.25) is 0 Å². The zero-order valence-electron chi connectivity index (χ0n) is 11.0. The van der Waals surface area contributed by atoms with E-state index in [1.54, 1.807) is 0 Å². The molecule has 110 valence electrons. The van der Waals surface area contributed by atoms with Crippen LogP contribution in [0.5, 0.6) is 0 Å². The normalized spacial score (nSPS) is 10.3. The number of benzene rings is 2. The maximum absolute atomic E-state index is 13.8. The van der Waals surface area contributed by atoms with Gasteiger partial charge in [0.25, 0.3) is 5.91 Å². The zero-order chi connectivity index (χ0) is 15.6. The van der Waals surface area contributed by atoms with Gasteiger partial charge in [-0.25, -0.2) is 8.78 Å². The fraction of sp³-hybridized carbons (Fsp3) is 0.0714. The first-order valence-electron chi connectivity index (χ1n) is 5.95. The topological polar surface area (TPSA) is 67.2 Å². The predicted molar refractivity (Wildman–Crippen MR) is 81.6 cm³/mol. The molecule has 0 radical (unpaired) electrons. The number of carbonyl (C=O) groups is 1. The summed E-state index contributed by atoms with van der Waals surface area (Å²) in [6.07, 6.45) is 0. The molecule has 0 saturated heterocycles. The Bertz CT molecular complexity index is 684. The van der Waals surface area contributed by atoms with Crippen LogP contribution in [0, 0.1) is 11.6 Å². The Morgan fingerprint density at radius 3 is 2.38 bits per heavy atom. The summed E-state index contributed by atoms with van der Waals surface area (Å²) in [6, 6.07) is 6.69. The van der Waals surface area contributed by atoms with Crippen LogP contribution >= 0.6 is 15.9 Å². The molecule has 21 heavy (non-hydrogen) atoms. The van der Waals surface area contributed by atoms with Crippen LogP contribution in [-0.2, 0) is 0 Å². The Morgan fingerprint density at radius 1 is 1.19 bits per heavy atom. The Balaban J connectivity index is 2.49. The van der Waals surface area contributed by atoms with E-state index in [-0.39, 0.29) is 21.4 Å². The average Bonchev–Trinajstić information content (AvgIpc) is 2.42. The fourth-order valence-electron chi connectivity index (χ4n) is 1.79. The van der Waals surface area contributed by atoms with Crippen LogP contribution in [0.3, 0.4) is 0 Å². The summed E-state index contributed by atoms with van der Waals surface area (Å²) < 4.78 is 28.0. The predicted octanol–water partition coefficient (Wildman–Crippen LogP) is 3.41. The van der Waals surface area contributed by atoms with Crippen molar-refractivity contribution >= 4 is 38.9 Å². The molecular weight excluding hydrogens is 344 g/mol. The summed E-state index contributed by atoms with van der Waals surface area (Å²) in [5.74, 6) is -1.96. The standard InChI is InChI=1S/C14H12BrF2N3O/c1-19-14(21)9-3-2-8(18)6-12(9)20-13-10(16)4-7(15)5-11(13)17/h2-6,20H,18H2,1H3,(H,19,21). The van der Waals surface area contributed by atoms with Crippen molar-refractivity contribution in [3.63, 3.8) is 0 Å². The van der Waals surface area contributed by atoms with Crippen LogP contribution in [0.2, 0.25) is 0 Å². The van der Waals surface area contributed by atoms with Crippen LogP contribution in [0.1, 0.15) is 10.4 Å². The number of nitrogens with one attached hydrogen (secondary N) is 2. The molecule has 0 aromatic heterocycles. The first-order chi connectivity index (χ1) is 9.92. The van der Waals surface area contributed by atoms with Crippen LogP contribution in [-0.4, -0.2) is 13.0 Å². The highest BCUT2D eigenvalue weighted by atomic mass is 79.9. The van der Waals surface area contributed by atoms with E-state index in [4.69, 9.17) is 5.73 Å². The van der Waals surface area contributed by atoms with Gasteiger partial charge < -0.3 is 16.4 Å². The fourth-order valence-corrected chi connectivity index (χ4v) is 2.20. The molecule has 0 saturated carbocycles. The van der Waals surface area contributed by atoms with Gasteiger partial charge in [0, 0.05) is 17.2 Å². The van der Waals surface area contributed by atoms with Gasteiger partial charge in [-0.3, -0.25) is 4.79 Å². The zero-order valence-corrected chi connectivity index (χ0v) is 12.6. The molecule has 2 aromatic carbocycles. The summed E-state index contributed by atoms with van der Waals surface area (Å²) in [7, 11) is 1.46. The monoisotopic (exact) mass is 355 g/mol. The molecule has 0 aliphatic heterocycles. The lowest BCUT2D eigenvalue weighted by Gasteiger charge is -2.13. The van der Waals surface area contributed by atoms with Gasteiger partial charge in [0.1, 0.15) is 5.69 Å². The third-order valence-corrected chi connectivity index (χ3v) is 3.24. The minimum atomic E-state index is -0.785. The summed E-state index contributed by atoms with van der Waals surface area (Å²) in [4.78, 5) is 11.8. The Labute approximate surface area is 128 Å². The van der Waals surface area contributed by atoms with Gasteiger partial charge in [-0.05, 0) is 30.3 Å². The highest BCUT2D eigenvalue weighted by Gasteiger charge is 2.15. The molecule has 2 aromatic rings. The van der Waals surface area contributed by atoms with Crippen molar-refractivity contribution in [1.29, 1.82) is 0 Å². The van der Waals surface area contributed by atoms with Gasteiger partial charge in [-0.1, -0.05) is 15.9 Å². The number of carbonyl (C=O) groups excluding carboxylic acids is 1. The van der Waals surface area contributed by atoms with Crippen LogP contribution in [0.4, 0.5) is 25.8 Å². The second-order valence-corrected chi connectivity index (χ2v) is 5.17. The molecular formula is C14H12BrF2N3O. The van der Waals surface area contributed by atoms with Gasteiger partial charge in [-0.2, -0.15) is 0 Å². The molecule has 0 aliphatic carbocycles. The number of rotatable bonds is 3. The van der Waals surface area contributed by atoms with E-state index in [0.29, 0.717) is 5.69 Å². The Hall–Kier alpha value is -2.15. The average molecular weight is 356 g/mol. The van der Waals surface area contributed by atoms with E-state index >= 15 is 0 Å². The molecule has 4 N–H and O–H groups in total. The molecule has 0 bridgehead atoms. The van der Waals surface area contributed by atoms with Crippen LogP contribution < -0.4 is 16.4 Å². The molecule has 0 aliphatic rings.